The fraction of sp³-hybridized carbons (Fsp3) is 0.409. The number of nitrogen functional groups attached to an aromatic ring is 1. The molecule has 0 aliphatic carbocycles. The molecule has 6 N–H and O–H groups in total. The number of halogens is 3. The van der Waals surface area contributed by atoms with Gasteiger partial charge < -0.3 is 22.1 Å². The van der Waals surface area contributed by atoms with E-state index in [1.807, 2.05) is 0 Å². The van der Waals surface area contributed by atoms with Gasteiger partial charge in [0.1, 0.15) is 0 Å². The van der Waals surface area contributed by atoms with Crippen molar-refractivity contribution in [3.63, 3.8) is 0 Å². The van der Waals surface area contributed by atoms with Crippen molar-refractivity contribution in [3.05, 3.63) is 53.6 Å². The Morgan fingerprint density at radius 3 is 2.23 bits per heavy atom. The number of anilines is 3. The van der Waals surface area contributed by atoms with Gasteiger partial charge in [-0.25, -0.2) is 0 Å². The van der Waals surface area contributed by atoms with Gasteiger partial charge in [0.15, 0.2) is 0 Å². The highest BCUT2D eigenvalue weighted by Gasteiger charge is 2.29. The molecule has 0 aliphatic heterocycles. The number of rotatable bonds is 11. The van der Waals surface area contributed by atoms with Crippen LogP contribution >= 0.6 is 0 Å². The number of nitrogens with one attached hydrogen (secondary N) is 2. The fourth-order valence-electron chi connectivity index (χ4n) is 2.98. The summed E-state index contributed by atoms with van der Waals surface area (Å²) in [5.74, 6) is -0.0778. The highest BCUT2D eigenvalue weighted by Crippen LogP contribution is 2.29. The molecule has 0 saturated heterocycles. The van der Waals surface area contributed by atoms with E-state index in [-0.39, 0.29) is 5.91 Å². The highest BCUT2D eigenvalue weighted by atomic mass is 19.4. The molecule has 5 nitrogen and oxygen atoms in total. The van der Waals surface area contributed by atoms with Crippen molar-refractivity contribution in [2.24, 2.45) is 5.73 Å². The number of benzene rings is 2. The van der Waals surface area contributed by atoms with E-state index < -0.39 is 11.7 Å². The fourth-order valence-corrected chi connectivity index (χ4v) is 2.98. The minimum absolute atomic E-state index is 0.0778. The number of carbonyl (C=O) groups is 1. The summed E-state index contributed by atoms with van der Waals surface area (Å²) in [5.41, 5.74) is 13.2. The molecule has 164 valence electrons. The summed E-state index contributed by atoms with van der Waals surface area (Å²) < 4.78 is 37.8. The van der Waals surface area contributed by atoms with Crippen molar-refractivity contribution in [1.29, 1.82) is 0 Å². The number of alkyl halides is 3. The van der Waals surface area contributed by atoms with Gasteiger partial charge >= 0.3 is 6.18 Å². The summed E-state index contributed by atoms with van der Waals surface area (Å²) in [4.78, 5) is 12.1. The average molecular weight is 422 g/mol. The Hall–Kier alpha value is -2.74. The molecule has 0 aliphatic rings. The van der Waals surface area contributed by atoms with Crippen molar-refractivity contribution in [2.75, 3.05) is 22.9 Å². The third-order valence-corrected chi connectivity index (χ3v) is 4.71. The molecule has 0 unspecified atom stereocenters. The minimum Gasteiger partial charge on any atom is -0.397 e. The molecule has 0 aromatic heterocycles. The predicted octanol–water partition coefficient (Wildman–Crippen LogP) is 5.14. The standard InChI is InChI=1S/C22H29F3N4O/c23-22(24,25)17-9-7-16(8-10-17)15-28-18-11-12-20(19(27)14-18)29-21(30)6-4-2-1-3-5-13-26/h7-12,14,28H,1-6,13,15,26-27H2,(H,29,30). The quantitative estimate of drug-likeness (QED) is 0.298. The first kappa shape index (κ1) is 23.5. The van der Waals surface area contributed by atoms with E-state index in [1.165, 1.54) is 12.1 Å². The van der Waals surface area contributed by atoms with Crippen LogP contribution in [0.5, 0.6) is 0 Å². The van der Waals surface area contributed by atoms with Crippen LogP contribution in [-0.4, -0.2) is 12.5 Å². The molecule has 30 heavy (non-hydrogen) atoms. The largest absolute Gasteiger partial charge is 0.416 e. The van der Waals surface area contributed by atoms with E-state index in [4.69, 9.17) is 11.5 Å². The van der Waals surface area contributed by atoms with Gasteiger partial charge in [0.05, 0.1) is 16.9 Å². The summed E-state index contributed by atoms with van der Waals surface area (Å²) in [7, 11) is 0. The SMILES string of the molecule is NCCCCCCCC(=O)Nc1ccc(NCc2ccc(C(F)(F)F)cc2)cc1N. The van der Waals surface area contributed by atoms with E-state index in [9.17, 15) is 18.0 Å². The Morgan fingerprint density at radius 1 is 0.933 bits per heavy atom. The van der Waals surface area contributed by atoms with Crippen LogP contribution in [0.4, 0.5) is 30.2 Å². The van der Waals surface area contributed by atoms with Crippen molar-refractivity contribution in [2.45, 2.75) is 51.2 Å². The second-order valence-corrected chi connectivity index (χ2v) is 7.20. The van der Waals surface area contributed by atoms with Crippen LogP contribution in [0.3, 0.4) is 0 Å². The molecule has 0 fully saturated rings. The smallest absolute Gasteiger partial charge is 0.397 e. The number of amides is 1. The number of hydrogen-bond donors (Lipinski definition) is 4. The lowest BCUT2D eigenvalue weighted by Crippen LogP contribution is -2.12. The van der Waals surface area contributed by atoms with Crippen molar-refractivity contribution in [1.82, 2.24) is 0 Å². The third kappa shape index (κ3) is 7.94. The van der Waals surface area contributed by atoms with Gasteiger partial charge in [0.25, 0.3) is 0 Å². The normalized spacial score (nSPS) is 11.3. The molecule has 2 rings (SSSR count). The Labute approximate surface area is 175 Å². The number of unbranched alkanes of at least 4 members (excludes halogenated alkanes) is 4. The number of nitrogens with two attached hydrogens (primary N) is 2. The van der Waals surface area contributed by atoms with Gasteiger partial charge in [-0.15, -0.1) is 0 Å². The van der Waals surface area contributed by atoms with Gasteiger partial charge in [0, 0.05) is 18.7 Å². The third-order valence-electron chi connectivity index (χ3n) is 4.71. The Kier molecular flexibility index (Phi) is 8.98. The van der Waals surface area contributed by atoms with Crippen molar-refractivity contribution < 1.29 is 18.0 Å². The van der Waals surface area contributed by atoms with Crippen molar-refractivity contribution in [3.8, 4) is 0 Å². The maximum atomic E-state index is 12.6. The zero-order chi connectivity index (χ0) is 22.0. The highest BCUT2D eigenvalue weighted by molar-refractivity contribution is 5.94. The van der Waals surface area contributed by atoms with E-state index in [0.717, 1.165) is 44.2 Å². The average Bonchev–Trinajstić information content (AvgIpc) is 2.70. The van der Waals surface area contributed by atoms with Crippen LogP contribution in [0.1, 0.15) is 49.7 Å². The van der Waals surface area contributed by atoms with Gasteiger partial charge in [-0.3, -0.25) is 4.79 Å². The molecule has 2 aromatic rings. The molecule has 0 heterocycles. The number of hydrogen-bond acceptors (Lipinski definition) is 4. The van der Waals surface area contributed by atoms with Gasteiger partial charge in [-0.2, -0.15) is 13.2 Å². The van der Waals surface area contributed by atoms with E-state index in [1.54, 1.807) is 18.2 Å². The Bertz CT molecular complexity index is 807. The lowest BCUT2D eigenvalue weighted by molar-refractivity contribution is -0.137. The molecule has 0 saturated carbocycles. The zero-order valence-electron chi connectivity index (χ0n) is 16.9. The first-order chi connectivity index (χ1) is 14.3. The summed E-state index contributed by atoms with van der Waals surface area (Å²) in [6, 6.07) is 10.1. The Balaban J connectivity index is 1.80. The molecule has 0 spiro atoms. The second-order valence-electron chi connectivity index (χ2n) is 7.20. The zero-order valence-corrected chi connectivity index (χ0v) is 16.9. The molecular formula is C22H29F3N4O. The van der Waals surface area contributed by atoms with Gasteiger partial charge in [-0.1, -0.05) is 31.4 Å². The van der Waals surface area contributed by atoms with Crippen LogP contribution in [-0.2, 0) is 17.5 Å². The summed E-state index contributed by atoms with van der Waals surface area (Å²) in [6.45, 7) is 1.06. The monoisotopic (exact) mass is 422 g/mol. The van der Waals surface area contributed by atoms with Crippen LogP contribution in [0, 0.1) is 0 Å². The minimum atomic E-state index is -4.34. The van der Waals surface area contributed by atoms with Crippen LogP contribution < -0.4 is 22.1 Å². The molecular weight excluding hydrogens is 393 g/mol. The molecule has 0 atom stereocenters. The summed E-state index contributed by atoms with van der Waals surface area (Å²) in [5, 5.41) is 5.93. The second kappa shape index (κ2) is 11.4. The lowest BCUT2D eigenvalue weighted by Gasteiger charge is -2.12. The summed E-state index contributed by atoms with van der Waals surface area (Å²) >= 11 is 0. The first-order valence-corrected chi connectivity index (χ1v) is 10.1. The Morgan fingerprint density at radius 2 is 1.60 bits per heavy atom. The molecule has 8 heteroatoms. The topological polar surface area (TPSA) is 93.2 Å². The van der Waals surface area contributed by atoms with Crippen LogP contribution in [0.25, 0.3) is 0 Å². The summed E-state index contributed by atoms with van der Waals surface area (Å²) in [6.07, 6.45) is 1.10. The van der Waals surface area contributed by atoms with Gasteiger partial charge in [0.2, 0.25) is 5.91 Å². The predicted molar refractivity (Wildman–Crippen MR) is 115 cm³/mol. The van der Waals surface area contributed by atoms with Crippen molar-refractivity contribution >= 4 is 23.0 Å². The van der Waals surface area contributed by atoms with Crippen LogP contribution in [0.15, 0.2) is 42.5 Å². The maximum absolute atomic E-state index is 12.6. The van der Waals surface area contributed by atoms with Crippen LogP contribution in [0.2, 0.25) is 0 Å². The number of carbonyl (C=O) groups excluding carboxylic acids is 1. The molecule has 0 bridgehead atoms. The maximum Gasteiger partial charge on any atom is 0.416 e. The van der Waals surface area contributed by atoms with Gasteiger partial charge in [-0.05, 0) is 55.3 Å². The molecule has 1 amide bonds. The van der Waals surface area contributed by atoms with E-state index in [2.05, 4.69) is 10.6 Å². The lowest BCUT2D eigenvalue weighted by atomic mass is 10.1. The molecule has 2 aromatic carbocycles. The first-order valence-electron chi connectivity index (χ1n) is 10.1. The van der Waals surface area contributed by atoms with E-state index in [0.29, 0.717) is 42.1 Å². The van der Waals surface area contributed by atoms with E-state index >= 15 is 0 Å². The molecule has 0 radical (unpaired) electrons.